The van der Waals surface area contributed by atoms with Gasteiger partial charge in [0.15, 0.2) is 0 Å². The van der Waals surface area contributed by atoms with Gasteiger partial charge in [0.25, 0.3) is 0 Å². The number of carboxylic acid groups (broad SMARTS) is 1. The lowest BCUT2D eigenvalue weighted by atomic mass is 9.99. The van der Waals surface area contributed by atoms with Gasteiger partial charge in [-0.2, -0.15) is 0 Å². The van der Waals surface area contributed by atoms with Crippen LogP contribution in [0.1, 0.15) is 24.5 Å². The van der Waals surface area contributed by atoms with Crippen molar-refractivity contribution in [3.05, 3.63) is 77.9 Å². The highest BCUT2D eigenvalue weighted by Gasteiger charge is 2.26. The summed E-state index contributed by atoms with van der Waals surface area (Å²) in [4.78, 5) is 22.0. The average Bonchev–Trinajstić information content (AvgIpc) is 2.65. The number of hydrogen-bond donors (Lipinski definition) is 2. The van der Waals surface area contributed by atoms with Crippen molar-refractivity contribution in [1.82, 2.24) is 0 Å². The summed E-state index contributed by atoms with van der Waals surface area (Å²) in [6.45, 7) is 1.66. The summed E-state index contributed by atoms with van der Waals surface area (Å²) in [5.74, 6) is -1.36. The molecule has 3 aromatic rings. The molecule has 3 rings (SSSR count). The fraction of sp³-hybridized carbons (Fsp3) is 0.227. The molecule has 5 heteroatoms. The summed E-state index contributed by atoms with van der Waals surface area (Å²) in [7, 11) is -3.64. The van der Waals surface area contributed by atoms with Crippen LogP contribution in [0.5, 0.6) is 0 Å². The molecule has 0 aliphatic heterocycles. The minimum atomic E-state index is -3.64. The lowest BCUT2D eigenvalue weighted by molar-refractivity contribution is -0.141. The van der Waals surface area contributed by atoms with E-state index in [-0.39, 0.29) is 6.16 Å². The Morgan fingerprint density at radius 3 is 2.22 bits per heavy atom. The van der Waals surface area contributed by atoms with Crippen LogP contribution in [0.25, 0.3) is 10.8 Å². The predicted octanol–water partition coefficient (Wildman–Crippen LogP) is 4.59. The summed E-state index contributed by atoms with van der Waals surface area (Å²) < 4.78 is 13.3. The molecular formula is C22H23O4P. The molecule has 140 valence electrons. The third-order valence-electron chi connectivity index (χ3n) is 4.83. The van der Waals surface area contributed by atoms with E-state index in [0.717, 1.165) is 21.9 Å². The molecule has 27 heavy (non-hydrogen) atoms. The Morgan fingerprint density at radius 1 is 1.00 bits per heavy atom. The highest BCUT2D eigenvalue weighted by atomic mass is 31.2. The second-order valence-corrected chi connectivity index (χ2v) is 9.15. The molecule has 0 heterocycles. The molecule has 3 aromatic carbocycles. The minimum absolute atomic E-state index is 0.0632. The van der Waals surface area contributed by atoms with Gasteiger partial charge in [-0.05, 0) is 40.8 Å². The van der Waals surface area contributed by atoms with Gasteiger partial charge in [0.1, 0.15) is 0 Å². The molecule has 4 nitrogen and oxygen atoms in total. The van der Waals surface area contributed by atoms with Crippen molar-refractivity contribution in [3.8, 4) is 0 Å². The number of aliphatic carboxylic acids is 1. The second kappa shape index (κ2) is 8.08. The zero-order valence-corrected chi connectivity index (χ0v) is 16.1. The monoisotopic (exact) mass is 382 g/mol. The van der Waals surface area contributed by atoms with E-state index in [1.54, 1.807) is 13.0 Å². The quantitative estimate of drug-likeness (QED) is 0.586. The average molecular weight is 382 g/mol. The van der Waals surface area contributed by atoms with Crippen LogP contribution >= 0.6 is 7.37 Å². The number of benzene rings is 3. The maximum absolute atomic E-state index is 13.3. The van der Waals surface area contributed by atoms with Gasteiger partial charge in [-0.15, -0.1) is 0 Å². The van der Waals surface area contributed by atoms with E-state index < -0.39 is 19.3 Å². The zero-order chi connectivity index (χ0) is 19.4. The standard InChI is InChI=1S/C22H23O4P/c1-16(22(23)24)11-12-20-13-18-9-5-6-10-19(18)14-21(20)27(25,26)15-17-7-3-2-4-8-17/h2-10,13-14,16H,11-12,15H2,1H3,(H,23,24)(H,25,26). The summed E-state index contributed by atoms with van der Waals surface area (Å²) >= 11 is 0. The molecule has 0 amide bonds. The Balaban J connectivity index is 2.01. The lowest BCUT2D eigenvalue weighted by Crippen LogP contribution is -2.16. The molecule has 0 spiro atoms. The van der Waals surface area contributed by atoms with Crippen molar-refractivity contribution in [2.75, 3.05) is 0 Å². The molecule has 0 aliphatic carbocycles. The Morgan fingerprint density at radius 2 is 1.59 bits per heavy atom. The maximum atomic E-state index is 13.3. The number of carbonyl (C=O) groups is 1. The molecule has 2 unspecified atom stereocenters. The van der Waals surface area contributed by atoms with Gasteiger partial charge in [-0.1, -0.05) is 67.6 Å². The van der Waals surface area contributed by atoms with Crippen molar-refractivity contribution in [3.63, 3.8) is 0 Å². The molecule has 0 saturated heterocycles. The SMILES string of the molecule is CC(CCc1cc2ccccc2cc1P(=O)(O)Cc1ccccc1)C(=O)O. The van der Waals surface area contributed by atoms with Crippen LogP contribution in [0.3, 0.4) is 0 Å². The fourth-order valence-corrected chi connectivity index (χ4v) is 5.05. The Labute approximate surface area is 158 Å². The Bertz CT molecular complexity index is 998. The third kappa shape index (κ3) is 4.65. The van der Waals surface area contributed by atoms with Crippen molar-refractivity contribution in [1.29, 1.82) is 0 Å². The number of rotatable bonds is 7. The van der Waals surface area contributed by atoms with Gasteiger partial charge in [0, 0.05) is 5.30 Å². The molecule has 0 saturated carbocycles. The van der Waals surface area contributed by atoms with E-state index in [1.165, 1.54) is 0 Å². The van der Waals surface area contributed by atoms with Crippen LogP contribution in [0, 0.1) is 5.92 Å². The molecular weight excluding hydrogens is 359 g/mol. The van der Waals surface area contributed by atoms with E-state index in [0.29, 0.717) is 18.1 Å². The first-order valence-corrected chi connectivity index (χ1v) is 10.8. The normalized spacial score (nSPS) is 14.6. The predicted molar refractivity (Wildman–Crippen MR) is 109 cm³/mol. The van der Waals surface area contributed by atoms with Crippen LogP contribution in [0.2, 0.25) is 0 Å². The first-order valence-electron chi connectivity index (χ1n) is 8.97. The van der Waals surface area contributed by atoms with Gasteiger partial charge in [0.2, 0.25) is 7.37 Å². The third-order valence-corrected chi connectivity index (χ3v) is 6.79. The van der Waals surface area contributed by atoms with Crippen LogP contribution in [-0.4, -0.2) is 16.0 Å². The largest absolute Gasteiger partial charge is 0.481 e. The number of carboxylic acids is 1. The summed E-state index contributed by atoms with van der Waals surface area (Å²) in [5.41, 5.74) is 1.56. The number of hydrogen-bond acceptors (Lipinski definition) is 2. The Hall–Kier alpha value is -2.42. The first-order chi connectivity index (χ1) is 12.9. The molecule has 0 radical (unpaired) electrons. The number of fused-ring (bicyclic) bond motifs is 1. The van der Waals surface area contributed by atoms with Crippen molar-refractivity contribution in [2.24, 2.45) is 5.92 Å². The molecule has 0 bridgehead atoms. The van der Waals surface area contributed by atoms with Gasteiger partial charge < -0.3 is 10.00 Å². The smallest absolute Gasteiger partial charge is 0.306 e. The van der Waals surface area contributed by atoms with Crippen LogP contribution < -0.4 is 5.30 Å². The molecule has 0 aliphatic rings. The highest BCUT2D eigenvalue weighted by Crippen LogP contribution is 2.45. The minimum Gasteiger partial charge on any atom is -0.481 e. The van der Waals surface area contributed by atoms with Gasteiger partial charge in [0.05, 0.1) is 12.1 Å². The van der Waals surface area contributed by atoms with E-state index in [2.05, 4.69) is 0 Å². The zero-order valence-electron chi connectivity index (χ0n) is 15.2. The first kappa shape index (κ1) is 19.3. The highest BCUT2D eigenvalue weighted by molar-refractivity contribution is 7.65. The van der Waals surface area contributed by atoms with Gasteiger partial charge in [-0.3, -0.25) is 9.36 Å². The topological polar surface area (TPSA) is 74.6 Å². The van der Waals surface area contributed by atoms with E-state index in [9.17, 15) is 14.3 Å². The van der Waals surface area contributed by atoms with Gasteiger partial charge in [-0.25, -0.2) is 0 Å². The summed E-state index contributed by atoms with van der Waals surface area (Å²) in [6.07, 6.45) is 0.937. The summed E-state index contributed by atoms with van der Waals surface area (Å²) in [6, 6.07) is 20.7. The van der Waals surface area contributed by atoms with Crippen LogP contribution in [0.4, 0.5) is 0 Å². The lowest BCUT2D eigenvalue weighted by Gasteiger charge is -2.18. The van der Waals surface area contributed by atoms with E-state index in [4.69, 9.17) is 5.11 Å². The Kier molecular flexibility index (Phi) is 5.79. The molecule has 2 atom stereocenters. The van der Waals surface area contributed by atoms with E-state index >= 15 is 0 Å². The fourth-order valence-electron chi connectivity index (χ4n) is 3.21. The van der Waals surface area contributed by atoms with Crippen molar-refractivity contribution in [2.45, 2.75) is 25.9 Å². The van der Waals surface area contributed by atoms with Crippen molar-refractivity contribution < 1.29 is 19.4 Å². The molecule has 2 N–H and O–H groups in total. The summed E-state index contributed by atoms with van der Waals surface area (Å²) in [5, 5.41) is 11.5. The molecule has 0 fully saturated rings. The van der Waals surface area contributed by atoms with Gasteiger partial charge >= 0.3 is 5.97 Å². The number of aryl methyl sites for hydroxylation is 1. The van der Waals surface area contributed by atoms with Crippen molar-refractivity contribution >= 4 is 29.4 Å². The van der Waals surface area contributed by atoms with Crippen LogP contribution in [-0.2, 0) is 21.9 Å². The molecule has 0 aromatic heterocycles. The maximum Gasteiger partial charge on any atom is 0.306 e. The van der Waals surface area contributed by atoms with Crippen LogP contribution in [0.15, 0.2) is 66.7 Å². The second-order valence-electron chi connectivity index (χ2n) is 6.95. The van der Waals surface area contributed by atoms with E-state index in [1.807, 2.05) is 60.7 Å².